The van der Waals surface area contributed by atoms with Crippen molar-refractivity contribution in [2.45, 2.75) is 26.3 Å². The van der Waals surface area contributed by atoms with E-state index >= 15 is 0 Å². The fourth-order valence-corrected chi connectivity index (χ4v) is 6.84. The van der Waals surface area contributed by atoms with Crippen molar-refractivity contribution in [3.05, 3.63) is 252 Å². The molecule has 0 saturated carbocycles. The molecule has 0 spiro atoms. The molecule has 86 heavy (non-hydrogen) atoms. The molecule has 6 aromatic heterocycles. The molecule has 0 aliphatic carbocycles. The number of H-pyrrole nitrogens is 2. The third-order valence-electron chi connectivity index (χ3n) is 11.1. The summed E-state index contributed by atoms with van der Waals surface area (Å²) >= 11 is 0. The standard InChI is InChI=1S/C16H12N2O2.C15H14N4.C15H10N4.C8H9NO.C7H4N2O2.C2H4O2.F2.H3N/c17-10-14-7-6-13(11-18-14)16(20)9-8-15(19)12-4-2-1-3-5-12;2*16-8-13-7-6-12(9-17-13)15-18-10-14(19-15)11-4-2-1-3-5-11;9-6-8(10)7-4-2-1-3-5-7;8-3-6-2-1-5(4-9-6)7(10)11;1-2(3)4;1-2;/h1-7,11H,8-9H2;1-7,9-10H,8,16H2,(H,18,19);1-7,9-10H,(H,18,19);1-5H,6,9H2;1-2,4H,(H,10,11);1H3,(H,3,4);;1H3. The molecule has 11 N–H and O–H groups in total. The monoisotopic (exact) mass is 1160 g/mol. The average Bonchev–Trinajstić information content (AvgIpc) is 4.49. The van der Waals surface area contributed by atoms with Crippen LogP contribution in [0.15, 0.2) is 207 Å². The number of halogens is 2. The highest BCUT2D eigenvalue weighted by Gasteiger charge is 2.12. The van der Waals surface area contributed by atoms with Gasteiger partial charge in [0.1, 0.15) is 46.9 Å². The van der Waals surface area contributed by atoms with Gasteiger partial charge in [0.15, 0.2) is 17.3 Å². The minimum atomic E-state index is -1.04. The highest BCUT2D eigenvalue weighted by atomic mass is 20.0. The van der Waals surface area contributed by atoms with Crippen LogP contribution in [0.1, 0.15) is 84.0 Å². The van der Waals surface area contributed by atoms with Gasteiger partial charge in [0.25, 0.3) is 5.97 Å². The smallest absolute Gasteiger partial charge is 0.337 e. The largest absolute Gasteiger partial charge is 0.481 e. The van der Waals surface area contributed by atoms with Gasteiger partial charge in [-0.1, -0.05) is 121 Å². The quantitative estimate of drug-likeness (QED) is 0.0527. The Labute approximate surface area is 492 Å². The zero-order valence-electron chi connectivity index (χ0n) is 46.0. The number of carbonyl (C=O) groups excluding carboxylic acids is 3. The van der Waals surface area contributed by atoms with Crippen molar-refractivity contribution in [1.29, 1.82) is 15.8 Å². The zero-order chi connectivity index (χ0) is 61.8. The molecule has 0 amide bonds. The lowest BCUT2D eigenvalue weighted by Gasteiger charge is -2.01. The summed E-state index contributed by atoms with van der Waals surface area (Å²) in [4.78, 5) is 84.9. The van der Waals surface area contributed by atoms with Crippen molar-refractivity contribution >= 4 is 29.3 Å². The van der Waals surface area contributed by atoms with E-state index in [1.165, 1.54) is 24.4 Å². The topological polar surface area (TPSA) is 393 Å². The fourth-order valence-electron chi connectivity index (χ4n) is 6.84. The van der Waals surface area contributed by atoms with Gasteiger partial charge in [0.2, 0.25) is 0 Å². The van der Waals surface area contributed by atoms with Crippen molar-refractivity contribution in [2.24, 2.45) is 11.5 Å². The second-order valence-electron chi connectivity index (χ2n) is 16.9. The molecule has 0 saturated heterocycles. The molecule has 21 nitrogen and oxygen atoms in total. The van der Waals surface area contributed by atoms with E-state index in [2.05, 4.69) is 39.9 Å². The average molecular weight is 1160 g/mol. The van der Waals surface area contributed by atoms with E-state index < -0.39 is 11.9 Å². The molecule has 10 rings (SSSR count). The maximum Gasteiger partial charge on any atom is 0.337 e. The number of aromatic carboxylic acids is 1. The molecule has 0 atom stereocenters. The van der Waals surface area contributed by atoms with Gasteiger partial charge in [-0.25, -0.2) is 29.7 Å². The first-order valence-electron chi connectivity index (χ1n) is 25.2. The number of nitrogens with zero attached hydrogens (tertiary/aromatic N) is 9. The van der Waals surface area contributed by atoms with Crippen LogP contribution in [0.2, 0.25) is 0 Å². The molecule has 6 heterocycles. The number of ketones is 3. The third kappa shape index (κ3) is 23.3. The number of Topliss-reactive ketones (excluding diaryl/α,β-unsaturated/α-hetero) is 3. The Morgan fingerprint density at radius 2 is 0.802 bits per heavy atom. The zero-order valence-corrected chi connectivity index (χ0v) is 46.0. The highest BCUT2D eigenvalue weighted by Crippen LogP contribution is 2.23. The molecule has 10 aromatic rings. The van der Waals surface area contributed by atoms with Crippen LogP contribution in [0.5, 0.6) is 0 Å². The highest BCUT2D eigenvalue weighted by molar-refractivity contribution is 6.02. The van der Waals surface area contributed by atoms with E-state index in [0.29, 0.717) is 28.9 Å². The van der Waals surface area contributed by atoms with Crippen LogP contribution < -0.4 is 17.6 Å². The first-order chi connectivity index (χ1) is 41.2. The normalized spacial score (nSPS) is 9.37. The van der Waals surface area contributed by atoms with Crippen molar-refractivity contribution in [3.63, 3.8) is 0 Å². The number of aliphatic carboxylic acids is 1. The number of aromatic amines is 2. The van der Waals surface area contributed by atoms with Crippen LogP contribution in [0.3, 0.4) is 0 Å². The van der Waals surface area contributed by atoms with Gasteiger partial charge in [-0.3, -0.25) is 24.2 Å². The number of pyridine rings is 4. The van der Waals surface area contributed by atoms with Gasteiger partial charge >= 0.3 is 5.97 Å². The first-order valence-corrected chi connectivity index (χ1v) is 25.2. The molecule has 0 unspecified atom stereocenters. The van der Waals surface area contributed by atoms with Crippen molar-refractivity contribution in [3.8, 4) is 63.5 Å². The van der Waals surface area contributed by atoms with E-state index in [-0.39, 0.29) is 59.8 Å². The van der Waals surface area contributed by atoms with Crippen molar-refractivity contribution in [1.82, 2.24) is 46.0 Å². The number of benzene rings is 4. The van der Waals surface area contributed by atoms with Gasteiger partial charge < -0.3 is 37.8 Å². The molecule has 0 aliphatic rings. The number of imidazole rings is 2. The van der Waals surface area contributed by atoms with E-state index in [9.17, 15) is 19.2 Å². The Balaban J connectivity index is 0.000000280. The molecule has 4 aromatic carbocycles. The summed E-state index contributed by atoms with van der Waals surface area (Å²) in [6, 6.07) is 56.8. The van der Waals surface area contributed by atoms with Crippen LogP contribution in [0.4, 0.5) is 9.15 Å². The molecule has 434 valence electrons. The van der Waals surface area contributed by atoms with Crippen molar-refractivity contribution < 1.29 is 43.3 Å². The Bertz CT molecular complexity index is 3800. The third-order valence-corrected chi connectivity index (χ3v) is 11.1. The Hall–Kier alpha value is -11.9. The van der Waals surface area contributed by atoms with Gasteiger partial charge in [-0.15, -0.1) is 0 Å². The summed E-state index contributed by atoms with van der Waals surface area (Å²) in [6.45, 7) is 1.62. The number of carboxylic acids is 2. The Kier molecular flexibility index (Phi) is 30.1. The van der Waals surface area contributed by atoms with Crippen LogP contribution >= 0.6 is 0 Å². The SMILES string of the molecule is CC(=O)O.FF.N.N#Cc1ccc(-c2ncc(-c3ccccc3)[nH]2)cn1.N#Cc1ccc(C(=O)CCC(=O)c2ccccc2)cn1.N#Cc1ccc(C(=O)O)cn1.NCC(=O)c1ccccc1.NCc1ccc(-c2ncc(-c3ccccc3)[nH]2)cn1. The summed E-state index contributed by atoms with van der Waals surface area (Å²) in [5.41, 5.74) is 20.2. The molecule has 0 aliphatic heterocycles. The van der Waals surface area contributed by atoms with Crippen LogP contribution in [0, 0.1) is 34.0 Å². The Morgan fingerprint density at radius 1 is 0.442 bits per heavy atom. The van der Waals surface area contributed by atoms with Gasteiger partial charge in [0, 0.05) is 88.1 Å². The second kappa shape index (κ2) is 37.9. The molecular weight excluding hydrogens is 1100 g/mol. The maximum atomic E-state index is 11.9. The number of nitriles is 3. The van der Waals surface area contributed by atoms with Crippen LogP contribution in [-0.2, 0) is 11.3 Å². The summed E-state index contributed by atoms with van der Waals surface area (Å²) in [7, 11) is 0. The molecule has 23 heteroatoms. The van der Waals surface area contributed by atoms with Gasteiger partial charge in [-0.2, -0.15) is 15.8 Å². The predicted molar refractivity (Wildman–Crippen MR) is 317 cm³/mol. The number of aromatic nitrogens is 8. The lowest BCUT2D eigenvalue weighted by Crippen LogP contribution is -2.12. The molecule has 0 radical (unpaired) electrons. The lowest BCUT2D eigenvalue weighted by atomic mass is 10.0. The number of nitrogens with two attached hydrogens (primary N) is 2. The minimum Gasteiger partial charge on any atom is -0.481 e. The predicted octanol–water partition coefficient (Wildman–Crippen LogP) is 11.0. The minimum absolute atomic E-state index is 0. The number of carboxylic acid groups (broad SMARTS) is 2. The van der Waals surface area contributed by atoms with Crippen LogP contribution in [-0.4, -0.2) is 85.9 Å². The molecule has 0 bridgehead atoms. The number of hydrogen-bond donors (Lipinski definition) is 7. The summed E-state index contributed by atoms with van der Waals surface area (Å²) < 4.78 is 16.0. The van der Waals surface area contributed by atoms with Gasteiger partial charge in [0.05, 0.1) is 41.6 Å². The maximum absolute atomic E-state index is 11.9. The van der Waals surface area contributed by atoms with E-state index in [0.717, 1.165) is 64.1 Å². The summed E-state index contributed by atoms with van der Waals surface area (Å²) in [5.74, 6) is -0.528. The Morgan fingerprint density at radius 3 is 1.14 bits per heavy atom. The number of carbonyl (C=O) groups is 5. The fraction of sp³-hybridized carbons (Fsp3) is 0.0794. The molecular formula is C63H56F2N14O7. The number of hydrogen-bond acceptors (Lipinski definition) is 17. The lowest BCUT2D eigenvalue weighted by molar-refractivity contribution is -0.134. The van der Waals surface area contributed by atoms with Crippen molar-refractivity contribution in [2.75, 3.05) is 6.54 Å². The number of nitrogens with one attached hydrogen (secondary N) is 2. The number of rotatable bonds is 13. The van der Waals surface area contributed by atoms with E-state index in [1.54, 1.807) is 73.2 Å². The summed E-state index contributed by atoms with van der Waals surface area (Å²) in [5, 5.41) is 41.5. The van der Waals surface area contributed by atoms with Crippen LogP contribution in [0.25, 0.3) is 45.3 Å². The second-order valence-corrected chi connectivity index (χ2v) is 16.9. The molecule has 0 fully saturated rings. The van der Waals surface area contributed by atoms with E-state index in [4.69, 9.17) is 51.4 Å². The summed E-state index contributed by atoms with van der Waals surface area (Å²) in [6.07, 6.45) is 9.89. The van der Waals surface area contributed by atoms with E-state index in [1.807, 2.05) is 121 Å². The van der Waals surface area contributed by atoms with Gasteiger partial charge in [-0.05, 0) is 59.7 Å². The first kappa shape index (κ1) is 68.3.